The summed E-state index contributed by atoms with van der Waals surface area (Å²) in [5, 5.41) is 2.15. The average molecular weight is 311 g/mol. The summed E-state index contributed by atoms with van der Waals surface area (Å²) in [5.74, 6) is -4.51. The monoisotopic (exact) mass is 310 g/mol. The van der Waals surface area contributed by atoms with Gasteiger partial charge in [-0.2, -0.15) is 0 Å². The van der Waals surface area contributed by atoms with Crippen LogP contribution in [0.5, 0.6) is 0 Å². The Balaban J connectivity index is 0.00000361. The second-order valence-corrected chi connectivity index (χ2v) is 4.51. The number of amides is 1. The molecule has 0 spiro atoms. The number of nitrogens with two attached hydrogens (primary N) is 1. The standard InChI is InChI=1S/C13H17F3N2O.ClH/c1-9(5-10-3-2-4-11(14)6-10)12(19)18-8-13(15,16)7-17;/h2-4,6,9H,5,7-8,17H2,1H3,(H,18,19);1H. The van der Waals surface area contributed by atoms with Gasteiger partial charge in [0.15, 0.2) is 0 Å². The highest BCUT2D eigenvalue weighted by molar-refractivity contribution is 5.85. The van der Waals surface area contributed by atoms with Crippen molar-refractivity contribution < 1.29 is 18.0 Å². The first kappa shape index (κ1) is 18.7. The molecule has 1 rings (SSSR count). The molecule has 0 aliphatic heterocycles. The van der Waals surface area contributed by atoms with Gasteiger partial charge in [0, 0.05) is 5.92 Å². The number of hydrogen-bond acceptors (Lipinski definition) is 2. The summed E-state index contributed by atoms with van der Waals surface area (Å²) in [4.78, 5) is 11.6. The Bertz CT molecular complexity index is 443. The number of carbonyl (C=O) groups is 1. The highest BCUT2D eigenvalue weighted by atomic mass is 35.5. The maximum Gasteiger partial charge on any atom is 0.277 e. The number of alkyl halides is 2. The molecule has 1 aromatic carbocycles. The Morgan fingerprint density at radius 3 is 2.65 bits per heavy atom. The van der Waals surface area contributed by atoms with E-state index in [1.165, 1.54) is 18.2 Å². The van der Waals surface area contributed by atoms with E-state index in [0.29, 0.717) is 5.56 Å². The molecule has 0 fully saturated rings. The average Bonchev–Trinajstić information content (AvgIpc) is 2.36. The SMILES string of the molecule is CC(Cc1cccc(F)c1)C(=O)NCC(F)(F)CN.Cl. The van der Waals surface area contributed by atoms with Crippen LogP contribution in [0.15, 0.2) is 24.3 Å². The van der Waals surface area contributed by atoms with Crippen LogP contribution in [-0.2, 0) is 11.2 Å². The molecule has 1 atom stereocenters. The molecule has 1 unspecified atom stereocenters. The van der Waals surface area contributed by atoms with Gasteiger partial charge in [0.1, 0.15) is 5.82 Å². The van der Waals surface area contributed by atoms with E-state index in [1.807, 2.05) is 0 Å². The van der Waals surface area contributed by atoms with E-state index >= 15 is 0 Å². The fourth-order valence-electron chi connectivity index (χ4n) is 1.57. The third kappa shape index (κ3) is 6.25. The topological polar surface area (TPSA) is 55.1 Å². The fourth-order valence-corrected chi connectivity index (χ4v) is 1.57. The molecular weight excluding hydrogens is 293 g/mol. The van der Waals surface area contributed by atoms with Crippen LogP contribution < -0.4 is 11.1 Å². The Labute approximate surface area is 122 Å². The largest absolute Gasteiger partial charge is 0.350 e. The van der Waals surface area contributed by atoms with E-state index in [9.17, 15) is 18.0 Å². The van der Waals surface area contributed by atoms with Crippen molar-refractivity contribution >= 4 is 18.3 Å². The molecule has 0 aliphatic carbocycles. The quantitative estimate of drug-likeness (QED) is 0.846. The maximum atomic E-state index is 13.0. The molecule has 0 saturated carbocycles. The van der Waals surface area contributed by atoms with Crippen LogP contribution >= 0.6 is 12.4 Å². The minimum atomic E-state index is -3.10. The molecule has 7 heteroatoms. The van der Waals surface area contributed by atoms with Crippen molar-refractivity contribution in [3.63, 3.8) is 0 Å². The van der Waals surface area contributed by atoms with Crippen molar-refractivity contribution in [3.8, 4) is 0 Å². The van der Waals surface area contributed by atoms with Gasteiger partial charge in [0.2, 0.25) is 5.91 Å². The molecule has 0 saturated heterocycles. The lowest BCUT2D eigenvalue weighted by Gasteiger charge is -2.17. The lowest BCUT2D eigenvalue weighted by atomic mass is 10.0. The van der Waals surface area contributed by atoms with Gasteiger partial charge < -0.3 is 11.1 Å². The summed E-state index contributed by atoms with van der Waals surface area (Å²) < 4.78 is 38.7. The normalized spacial score (nSPS) is 12.4. The van der Waals surface area contributed by atoms with Crippen LogP contribution in [0.3, 0.4) is 0 Å². The molecule has 1 aromatic rings. The lowest BCUT2D eigenvalue weighted by Crippen LogP contribution is -2.43. The zero-order chi connectivity index (χ0) is 14.5. The molecule has 1 amide bonds. The summed E-state index contributed by atoms with van der Waals surface area (Å²) in [6, 6.07) is 5.84. The van der Waals surface area contributed by atoms with Crippen molar-refractivity contribution in [2.24, 2.45) is 11.7 Å². The van der Waals surface area contributed by atoms with E-state index in [2.05, 4.69) is 5.32 Å². The molecule has 0 aliphatic rings. The van der Waals surface area contributed by atoms with Crippen molar-refractivity contribution in [3.05, 3.63) is 35.6 Å². The molecule has 3 N–H and O–H groups in total. The second-order valence-electron chi connectivity index (χ2n) is 4.51. The third-order valence-electron chi connectivity index (χ3n) is 2.70. The van der Waals surface area contributed by atoms with Crippen molar-refractivity contribution in [2.75, 3.05) is 13.1 Å². The molecule has 114 valence electrons. The fraction of sp³-hybridized carbons (Fsp3) is 0.462. The summed E-state index contributed by atoms with van der Waals surface area (Å²) >= 11 is 0. The van der Waals surface area contributed by atoms with Gasteiger partial charge in [-0.15, -0.1) is 12.4 Å². The summed E-state index contributed by atoms with van der Waals surface area (Å²) in [5.41, 5.74) is 5.51. The van der Waals surface area contributed by atoms with Crippen LogP contribution in [0.2, 0.25) is 0 Å². The van der Waals surface area contributed by atoms with Crippen LogP contribution in [0, 0.1) is 11.7 Å². The van der Waals surface area contributed by atoms with Crippen molar-refractivity contribution in [2.45, 2.75) is 19.3 Å². The van der Waals surface area contributed by atoms with Gasteiger partial charge in [-0.1, -0.05) is 19.1 Å². The van der Waals surface area contributed by atoms with Crippen LogP contribution in [0.1, 0.15) is 12.5 Å². The predicted octanol–water partition coefficient (Wildman–Crippen LogP) is 2.14. The lowest BCUT2D eigenvalue weighted by molar-refractivity contribution is -0.126. The molecule has 0 bridgehead atoms. The molecular formula is C13H18ClF3N2O. The highest BCUT2D eigenvalue weighted by Gasteiger charge is 2.28. The van der Waals surface area contributed by atoms with Crippen LogP contribution in [-0.4, -0.2) is 24.9 Å². The van der Waals surface area contributed by atoms with Gasteiger partial charge in [-0.05, 0) is 24.1 Å². The second kappa shape index (κ2) is 8.11. The summed E-state index contributed by atoms with van der Waals surface area (Å²) in [6.07, 6.45) is 0.289. The minimum absolute atomic E-state index is 0. The number of benzene rings is 1. The van der Waals surface area contributed by atoms with Gasteiger partial charge >= 0.3 is 0 Å². The number of nitrogens with one attached hydrogen (secondary N) is 1. The first-order chi connectivity index (χ1) is 8.84. The smallest absolute Gasteiger partial charge is 0.277 e. The number of carbonyl (C=O) groups excluding carboxylic acids is 1. The molecule has 0 heterocycles. The Morgan fingerprint density at radius 2 is 2.10 bits per heavy atom. The maximum absolute atomic E-state index is 13.0. The minimum Gasteiger partial charge on any atom is -0.350 e. The number of halogens is 4. The van der Waals surface area contributed by atoms with Crippen LogP contribution in [0.25, 0.3) is 0 Å². The van der Waals surface area contributed by atoms with E-state index in [-0.39, 0.29) is 24.6 Å². The molecule has 0 radical (unpaired) electrons. The van der Waals surface area contributed by atoms with Gasteiger partial charge in [0.05, 0.1) is 13.1 Å². The first-order valence-corrected chi connectivity index (χ1v) is 5.94. The van der Waals surface area contributed by atoms with E-state index in [0.717, 1.165) is 0 Å². The summed E-state index contributed by atoms with van der Waals surface area (Å²) in [7, 11) is 0. The Kier molecular flexibility index (Phi) is 7.60. The molecule has 20 heavy (non-hydrogen) atoms. The zero-order valence-corrected chi connectivity index (χ0v) is 11.9. The predicted molar refractivity (Wildman–Crippen MR) is 73.5 cm³/mol. The van der Waals surface area contributed by atoms with Crippen molar-refractivity contribution in [1.82, 2.24) is 5.32 Å². The van der Waals surface area contributed by atoms with Gasteiger partial charge in [-0.25, -0.2) is 13.2 Å². The number of hydrogen-bond donors (Lipinski definition) is 2. The summed E-state index contributed by atoms with van der Waals surface area (Å²) in [6.45, 7) is 0.00219. The molecule has 3 nitrogen and oxygen atoms in total. The van der Waals surface area contributed by atoms with E-state index in [4.69, 9.17) is 5.73 Å². The number of rotatable bonds is 6. The van der Waals surface area contributed by atoms with E-state index < -0.39 is 30.8 Å². The zero-order valence-electron chi connectivity index (χ0n) is 11.0. The molecule has 0 aromatic heterocycles. The Hall–Kier alpha value is -1.27. The van der Waals surface area contributed by atoms with Crippen LogP contribution in [0.4, 0.5) is 13.2 Å². The first-order valence-electron chi connectivity index (χ1n) is 5.94. The van der Waals surface area contributed by atoms with Gasteiger partial charge in [-0.3, -0.25) is 4.79 Å². The Morgan fingerprint density at radius 1 is 1.45 bits per heavy atom. The van der Waals surface area contributed by atoms with E-state index in [1.54, 1.807) is 13.0 Å². The van der Waals surface area contributed by atoms with Crippen molar-refractivity contribution in [1.29, 1.82) is 0 Å². The van der Waals surface area contributed by atoms with Gasteiger partial charge in [0.25, 0.3) is 5.92 Å². The highest BCUT2D eigenvalue weighted by Crippen LogP contribution is 2.12. The third-order valence-corrected chi connectivity index (χ3v) is 2.70.